The lowest BCUT2D eigenvalue weighted by Crippen LogP contribution is -1.81. The number of hydrogen-bond acceptors (Lipinski definition) is 0. The van der Waals surface area contributed by atoms with Gasteiger partial charge in [-0.2, -0.15) is 0 Å². The summed E-state index contributed by atoms with van der Waals surface area (Å²) in [5, 5.41) is 0. The fourth-order valence-corrected chi connectivity index (χ4v) is 1.93. The van der Waals surface area contributed by atoms with Gasteiger partial charge in [0.25, 0.3) is 0 Å². The second-order valence-electron chi connectivity index (χ2n) is 4.06. The molecular formula is C9H16. The Balaban J connectivity index is 1.75. The summed E-state index contributed by atoms with van der Waals surface area (Å²) >= 11 is 0. The van der Waals surface area contributed by atoms with Crippen LogP contribution in [0.15, 0.2) is 0 Å². The van der Waals surface area contributed by atoms with E-state index in [1.165, 1.54) is 12.8 Å². The molecule has 2 unspecified atom stereocenters. The van der Waals surface area contributed by atoms with Crippen molar-refractivity contribution in [3.05, 3.63) is 0 Å². The monoisotopic (exact) mass is 124 g/mol. The molecule has 0 aromatic rings. The lowest BCUT2D eigenvalue weighted by atomic mass is 10.2. The molecule has 0 bridgehead atoms. The summed E-state index contributed by atoms with van der Waals surface area (Å²) < 4.78 is 0. The van der Waals surface area contributed by atoms with E-state index in [-0.39, 0.29) is 0 Å². The molecule has 0 amide bonds. The van der Waals surface area contributed by atoms with Gasteiger partial charge in [0, 0.05) is 0 Å². The van der Waals surface area contributed by atoms with Gasteiger partial charge in [0.15, 0.2) is 0 Å². The Hall–Kier alpha value is 0. The Morgan fingerprint density at radius 1 is 1.11 bits per heavy atom. The van der Waals surface area contributed by atoms with Crippen LogP contribution in [0.25, 0.3) is 0 Å². The molecule has 9 heavy (non-hydrogen) atoms. The molecule has 0 radical (unpaired) electrons. The molecule has 0 heterocycles. The topological polar surface area (TPSA) is 0 Å². The Bertz CT molecular complexity index is 105. The van der Waals surface area contributed by atoms with E-state index in [4.69, 9.17) is 0 Å². The zero-order valence-corrected chi connectivity index (χ0v) is 6.43. The van der Waals surface area contributed by atoms with Crippen LogP contribution in [-0.4, -0.2) is 0 Å². The van der Waals surface area contributed by atoms with E-state index < -0.39 is 0 Å². The van der Waals surface area contributed by atoms with Gasteiger partial charge < -0.3 is 0 Å². The first-order valence-corrected chi connectivity index (χ1v) is 4.29. The van der Waals surface area contributed by atoms with E-state index in [9.17, 15) is 0 Å². The van der Waals surface area contributed by atoms with Crippen molar-refractivity contribution in [2.75, 3.05) is 0 Å². The van der Waals surface area contributed by atoms with Gasteiger partial charge in [-0.3, -0.25) is 0 Å². The Morgan fingerprint density at radius 3 is 2.00 bits per heavy atom. The molecule has 0 nitrogen and oxygen atoms in total. The highest BCUT2D eigenvalue weighted by molar-refractivity contribution is 4.94. The minimum absolute atomic E-state index is 1.06. The van der Waals surface area contributed by atoms with E-state index >= 15 is 0 Å². The van der Waals surface area contributed by atoms with E-state index in [0.29, 0.717) is 0 Å². The van der Waals surface area contributed by atoms with Gasteiger partial charge in [-0.1, -0.05) is 26.7 Å². The first kappa shape index (κ1) is 5.76. The van der Waals surface area contributed by atoms with Gasteiger partial charge in [0.2, 0.25) is 0 Å². The van der Waals surface area contributed by atoms with Crippen LogP contribution in [-0.2, 0) is 0 Å². The second kappa shape index (κ2) is 1.74. The van der Waals surface area contributed by atoms with E-state index in [0.717, 1.165) is 23.7 Å². The summed E-state index contributed by atoms with van der Waals surface area (Å²) in [6, 6.07) is 0. The fourth-order valence-electron chi connectivity index (χ4n) is 1.93. The summed E-state index contributed by atoms with van der Waals surface area (Å²) in [6.07, 6.45) is 4.63. The fraction of sp³-hybridized carbons (Fsp3) is 1.00. The molecule has 2 fully saturated rings. The predicted molar refractivity (Wildman–Crippen MR) is 39.2 cm³/mol. The SMILES string of the molecule is CC1C(C)C1CC1CC1. The lowest BCUT2D eigenvalue weighted by Gasteiger charge is -1.90. The van der Waals surface area contributed by atoms with Crippen LogP contribution in [0.3, 0.4) is 0 Å². The lowest BCUT2D eigenvalue weighted by molar-refractivity contribution is 0.599. The molecule has 2 aliphatic rings. The molecule has 0 N–H and O–H groups in total. The van der Waals surface area contributed by atoms with Crippen LogP contribution < -0.4 is 0 Å². The van der Waals surface area contributed by atoms with Crippen molar-refractivity contribution >= 4 is 0 Å². The van der Waals surface area contributed by atoms with Crippen LogP contribution >= 0.6 is 0 Å². The zero-order chi connectivity index (χ0) is 6.43. The standard InChI is InChI=1S/C9H16/c1-6-7(2)9(6)5-8-3-4-8/h6-9H,3-5H2,1-2H3. The maximum absolute atomic E-state index is 2.40. The molecule has 0 heteroatoms. The maximum Gasteiger partial charge on any atom is -0.0355 e. The summed E-state index contributed by atoms with van der Waals surface area (Å²) in [5.41, 5.74) is 0. The van der Waals surface area contributed by atoms with Crippen LogP contribution in [0.4, 0.5) is 0 Å². The van der Waals surface area contributed by atoms with Gasteiger partial charge in [-0.05, 0) is 30.1 Å². The van der Waals surface area contributed by atoms with Gasteiger partial charge in [0.05, 0.1) is 0 Å². The molecular weight excluding hydrogens is 108 g/mol. The molecule has 0 aromatic carbocycles. The molecule has 0 aromatic heterocycles. The van der Waals surface area contributed by atoms with Crippen molar-refractivity contribution in [3.8, 4) is 0 Å². The molecule has 2 aliphatic carbocycles. The molecule has 0 aliphatic heterocycles. The number of rotatable bonds is 2. The average molecular weight is 124 g/mol. The molecule has 52 valence electrons. The Labute approximate surface area is 57.6 Å². The van der Waals surface area contributed by atoms with Gasteiger partial charge in [-0.25, -0.2) is 0 Å². The summed E-state index contributed by atoms with van der Waals surface area (Å²) in [5.74, 6) is 4.40. The summed E-state index contributed by atoms with van der Waals surface area (Å²) in [6.45, 7) is 4.80. The Kier molecular flexibility index (Phi) is 1.12. The van der Waals surface area contributed by atoms with Crippen molar-refractivity contribution in [1.29, 1.82) is 0 Å². The van der Waals surface area contributed by atoms with Crippen molar-refractivity contribution in [2.45, 2.75) is 33.1 Å². The highest BCUT2D eigenvalue weighted by Gasteiger charge is 2.44. The first-order valence-electron chi connectivity index (χ1n) is 4.29. The van der Waals surface area contributed by atoms with E-state index in [2.05, 4.69) is 13.8 Å². The molecule has 2 atom stereocenters. The minimum atomic E-state index is 1.06. The minimum Gasteiger partial charge on any atom is -0.0620 e. The third kappa shape index (κ3) is 0.997. The van der Waals surface area contributed by atoms with E-state index in [1.807, 2.05) is 0 Å². The summed E-state index contributed by atoms with van der Waals surface area (Å²) in [4.78, 5) is 0. The maximum atomic E-state index is 2.40. The van der Waals surface area contributed by atoms with Crippen LogP contribution in [0, 0.1) is 23.7 Å². The van der Waals surface area contributed by atoms with Crippen LogP contribution in [0.2, 0.25) is 0 Å². The quantitative estimate of drug-likeness (QED) is 0.531. The zero-order valence-electron chi connectivity index (χ0n) is 6.43. The molecule has 0 saturated heterocycles. The van der Waals surface area contributed by atoms with Crippen LogP contribution in [0.5, 0.6) is 0 Å². The van der Waals surface area contributed by atoms with Crippen molar-refractivity contribution < 1.29 is 0 Å². The van der Waals surface area contributed by atoms with E-state index in [1.54, 1.807) is 6.42 Å². The molecule has 2 rings (SSSR count). The van der Waals surface area contributed by atoms with Crippen LogP contribution in [0.1, 0.15) is 33.1 Å². The largest absolute Gasteiger partial charge is 0.0620 e. The van der Waals surface area contributed by atoms with Gasteiger partial charge >= 0.3 is 0 Å². The summed E-state index contributed by atoms with van der Waals surface area (Å²) in [7, 11) is 0. The smallest absolute Gasteiger partial charge is 0.0355 e. The Morgan fingerprint density at radius 2 is 1.67 bits per heavy atom. The average Bonchev–Trinajstić information content (AvgIpc) is 2.69. The molecule has 2 saturated carbocycles. The van der Waals surface area contributed by atoms with Crippen molar-refractivity contribution in [1.82, 2.24) is 0 Å². The second-order valence-corrected chi connectivity index (χ2v) is 4.06. The van der Waals surface area contributed by atoms with Gasteiger partial charge in [-0.15, -0.1) is 0 Å². The highest BCUT2D eigenvalue weighted by atomic mass is 14.5. The highest BCUT2D eigenvalue weighted by Crippen LogP contribution is 2.52. The third-order valence-corrected chi connectivity index (χ3v) is 3.34. The normalized spacial score (nSPS) is 49.3. The predicted octanol–water partition coefficient (Wildman–Crippen LogP) is 2.69. The third-order valence-electron chi connectivity index (χ3n) is 3.34. The van der Waals surface area contributed by atoms with Crippen molar-refractivity contribution in [2.24, 2.45) is 23.7 Å². The number of hydrogen-bond donors (Lipinski definition) is 0. The molecule has 0 spiro atoms. The van der Waals surface area contributed by atoms with Gasteiger partial charge in [0.1, 0.15) is 0 Å². The first-order chi connectivity index (χ1) is 4.29. The van der Waals surface area contributed by atoms with Crippen molar-refractivity contribution in [3.63, 3.8) is 0 Å².